The molecule has 0 aliphatic rings. The number of nitrogens with one attached hydrogen (secondary N) is 1. The van der Waals surface area contributed by atoms with E-state index in [0.717, 1.165) is 10.7 Å². The van der Waals surface area contributed by atoms with E-state index in [1.54, 1.807) is 12.1 Å². The van der Waals surface area contributed by atoms with E-state index in [1.165, 1.54) is 25.4 Å². The number of ketones is 1. The molecule has 0 bridgehead atoms. The van der Waals surface area contributed by atoms with E-state index in [2.05, 4.69) is 10.3 Å². The molecule has 2 rings (SSSR count). The lowest BCUT2D eigenvalue weighted by molar-refractivity contribution is -0.115. The first-order valence-corrected chi connectivity index (χ1v) is 8.70. The van der Waals surface area contributed by atoms with Crippen molar-refractivity contribution in [1.82, 2.24) is 4.98 Å². The molecule has 5 nitrogen and oxygen atoms in total. The van der Waals surface area contributed by atoms with Crippen LogP contribution in [0.4, 0.5) is 5.69 Å². The Morgan fingerprint density at radius 1 is 1.38 bits per heavy atom. The third-order valence-corrected chi connectivity index (χ3v) is 4.69. The van der Waals surface area contributed by atoms with Crippen LogP contribution in [-0.2, 0) is 11.2 Å². The van der Waals surface area contributed by atoms with Crippen LogP contribution in [0.25, 0.3) is 0 Å². The van der Waals surface area contributed by atoms with Gasteiger partial charge in [-0.15, -0.1) is 11.3 Å². The lowest BCUT2D eigenvalue weighted by Crippen LogP contribution is -2.17. The number of hydrogen-bond acceptors (Lipinski definition) is 5. The van der Waals surface area contributed by atoms with Crippen molar-refractivity contribution in [1.29, 1.82) is 0 Å². The first kappa shape index (κ1) is 18.4. The van der Waals surface area contributed by atoms with Crippen LogP contribution in [0.1, 0.15) is 47.7 Å². The highest BCUT2D eigenvalue weighted by molar-refractivity contribution is 7.09. The van der Waals surface area contributed by atoms with Gasteiger partial charge in [-0.25, -0.2) is 4.98 Å². The topological polar surface area (TPSA) is 68.3 Å². The fourth-order valence-electron chi connectivity index (χ4n) is 2.12. The molecule has 1 heterocycles. The summed E-state index contributed by atoms with van der Waals surface area (Å²) in [5.74, 6) is 0.243. The second kappa shape index (κ2) is 7.77. The standard InChI is InChI=1S/C17H19ClN2O3S/c1-9(2)12-8-24-15(19-12)7-14(22)20-17-11(10(3)21)5-6-13(23-4)16(17)18/h5-6,8-9H,7H2,1-4H3,(H,20,22). The predicted molar refractivity (Wildman–Crippen MR) is 96.5 cm³/mol. The van der Waals surface area contributed by atoms with Gasteiger partial charge in [0.15, 0.2) is 5.78 Å². The summed E-state index contributed by atoms with van der Waals surface area (Å²) in [6.07, 6.45) is 0.127. The maximum atomic E-state index is 12.3. The fourth-order valence-corrected chi connectivity index (χ4v) is 3.37. The van der Waals surface area contributed by atoms with Crippen molar-refractivity contribution in [2.24, 2.45) is 0 Å². The van der Waals surface area contributed by atoms with Gasteiger partial charge in [-0.2, -0.15) is 0 Å². The molecule has 1 aromatic heterocycles. The molecule has 0 saturated carbocycles. The molecule has 2 aromatic rings. The van der Waals surface area contributed by atoms with Gasteiger partial charge in [-0.3, -0.25) is 9.59 Å². The molecule has 0 aliphatic heterocycles. The molecular formula is C17H19ClN2O3S. The molecule has 0 unspecified atom stereocenters. The Morgan fingerprint density at radius 3 is 2.62 bits per heavy atom. The molecule has 0 radical (unpaired) electrons. The number of ether oxygens (including phenoxy) is 1. The summed E-state index contributed by atoms with van der Waals surface area (Å²) in [7, 11) is 1.48. The average molecular weight is 367 g/mol. The van der Waals surface area contributed by atoms with Gasteiger partial charge in [0, 0.05) is 10.9 Å². The average Bonchev–Trinajstić information content (AvgIpc) is 2.97. The van der Waals surface area contributed by atoms with Gasteiger partial charge >= 0.3 is 0 Å². The summed E-state index contributed by atoms with van der Waals surface area (Å²) in [5, 5.41) is 5.60. The number of benzene rings is 1. The number of Topliss-reactive ketones (excluding diaryl/α,β-unsaturated/α-hetero) is 1. The minimum absolute atomic E-state index is 0.127. The zero-order valence-electron chi connectivity index (χ0n) is 14.0. The normalized spacial score (nSPS) is 10.8. The zero-order valence-corrected chi connectivity index (χ0v) is 15.5. The number of halogens is 1. The highest BCUT2D eigenvalue weighted by Gasteiger charge is 2.18. The van der Waals surface area contributed by atoms with Crippen LogP contribution < -0.4 is 10.1 Å². The molecule has 1 N–H and O–H groups in total. The maximum Gasteiger partial charge on any atom is 0.231 e. The molecule has 1 aromatic carbocycles. The van der Waals surface area contributed by atoms with E-state index in [-0.39, 0.29) is 28.8 Å². The molecular weight excluding hydrogens is 348 g/mol. The van der Waals surface area contributed by atoms with Gasteiger partial charge in [-0.05, 0) is 25.0 Å². The van der Waals surface area contributed by atoms with E-state index in [1.807, 2.05) is 19.2 Å². The van der Waals surface area contributed by atoms with Crippen LogP contribution in [0, 0.1) is 0 Å². The van der Waals surface area contributed by atoms with Crippen LogP contribution >= 0.6 is 22.9 Å². The number of carbonyl (C=O) groups is 2. The maximum absolute atomic E-state index is 12.3. The first-order valence-electron chi connectivity index (χ1n) is 7.45. The lowest BCUT2D eigenvalue weighted by atomic mass is 10.1. The second-order valence-electron chi connectivity index (χ2n) is 5.61. The van der Waals surface area contributed by atoms with Crippen LogP contribution in [0.3, 0.4) is 0 Å². The van der Waals surface area contributed by atoms with Gasteiger partial charge in [-0.1, -0.05) is 25.4 Å². The highest BCUT2D eigenvalue weighted by atomic mass is 35.5. The van der Waals surface area contributed by atoms with Crippen molar-refractivity contribution in [2.45, 2.75) is 33.1 Å². The highest BCUT2D eigenvalue weighted by Crippen LogP contribution is 2.35. The van der Waals surface area contributed by atoms with Crippen molar-refractivity contribution >= 4 is 40.3 Å². The summed E-state index contributed by atoms with van der Waals surface area (Å²) in [4.78, 5) is 28.5. The van der Waals surface area contributed by atoms with Crippen LogP contribution in [0.5, 0.6) is 5.75 Å². The van der Waals surface area contributed by atoms with Crippen LogP contribution in [-0.4, -0.2) is 23.8 Å². The van der Waals surface area contributed by atoms with Gasteiger partial charge < -0.3 is 10.1 Å². The van der Waals surface area contributed by atoms with E-state index in [4.69, 9.17) is 16.3 Å². The van der Waals surface area contributed by atoms with E-state index < -0.39 is 0 Å². The largest absolute Gasteiger partial charge is 0.495 e. The molecule has 24 heavy (non-hydrogen) atoms. The molecule has 7 heteroatoms. The summed E-state index contributed by atoms with van der Waals surface area (Å²) in [6.45, 7) is 5.52. The monoisotopic (exact) mass is 366 g/mol. The van der Waals surface area contributed by atoms with Gasteiger partial charge in [0.25, 0.3) is 0 Å². The Morgan fingerprint density at radius 2 is 2.08 bits per heavy atom. The van der Waals surface area contributed by atoms with E-state index in [0.29, 0.717) is 17.2 Å². The minimum atomic E-state index is -0.280. The van der Waals surface area contributed by atoms with Crippen LogP contribution in [0.2, 0.25) is 5.02 Å². The van der Waals surface area contributed by atoms with Crippen molar-refractivity contribution < 1.29 is 14.3 Å². The van der Waals surface area contributed by atoms with Gasteiger partial charge in [0.1, 0.15) is 15.8 Å². The number of thiazole rings is 1. The summed E-state index contributed by atoms with van der Waals surface area (Å²) >= 11 is 7.69. The second-order valence-corrected chi connectivity index (χ2v) is 6.93. The number of anilines is 1. The minimum Gasteiger partial charge on any atom is -0.495 e. The number of nitrogens with zero attached hydrogens (tertiary/aromatic N) is 1. The molecule has 0 aliphatic carbocycles. The Labute approximate surface area is 150 Å². The lowest BCUT2D eigenvalue weighted by Gasteiger charge is -2.13. The van der Waals surface area contributed by atoms with Crippen molar-refractivity contribution in [3.05, 3.63) is 38.8 Å². The SMILES string of the molecule is COc1ccc(C(C)=O)c(NC(=O)Cc2nc(C(C)C)cs2)c1Cl. The molecule has 0 fully saturated rings. The Kier molecular flexibility index (Phi) is 5.96. The number of aromatic nitrogens is 1. The summed E-state index contributed by atoms with van der Waals surface area (Å²) in [6, 6.07) is 3.19. The van der Waals surface area contributed by atoms with Gasteiger partial charge in [0.05, 0.1) is 24.9 Å². The van der Waals surface area contributed by atoms with Crippen molar-refractivity contribution in [2.75, 3.05) is 12.4 Å². The molecule has 1 amide bonds. The van der Waals surface area contributed by atoms with E-state index >= 15 is 0 Å². The number of hydrogen-bond donors (Lipinski definition) is 1. The van der Waals surface area contributed by atoms with Crippen LogP contribution in [0.15, 0.2) is 17.5 Å². The molecule has 0 spiro atoms. The molecule has 0 atom stereocenters. The number of carbonyl (C=O) groups excluding carboxylic acids is 2. The summed E-state index contributed by atoms with van der Waals surface area (Å²) in [5.41, 5.74) is 1.58. The zero-order chi connectivity index (χ0) is 17.9. The third-order valence-electron chi connectivity index (χ3n) is 3.44. The molecule has 128 valence electrons. The number of rotatable bonds is 6. The smallest absolute Gasteiger partial charge is 0.231 e. The Bertz CT molecular complexity index is 771. The van der Waals surface area contributed by atoms with E-state index in [9.17, 15) is 9.59 Å². The van der Waals surface area contributed by atoms with Crippen molar-refractivity contribution in [3.63, 3.8) is 0 Å². The summed E-state index contributed by atoms with van der Waals surface area (Å²) < 4.78 is 5.15. The Hall–Kier alpha value is -1.92. The fraction of sp³-hybridized carbons (Fsp3) is 0.353. The third kappa shape index (κ3) is 4.13. The first-order chi connectivity index (χ1) is 11.3. The predicted octanol–water partition coefficient (Wildman–Crippen LogP) is 4.31. The molecule has 0 saturated heterocycles. The Balaban J connectivity index is 2.22. The number of amides is 1. The van der Waals surface area contributed by atoms with Crippen molar-refractivity contribution in [3.8, 4) is 5.75 Å². The number of methoxy groups -OCH3 is 1. The van der Waals surface area contributed by atoms with Gasteiger partial charge in [0.2, 0.25) is 5.91 Å². The quantitative estimate of drug-likeness (QED) is 0.773.